The molecule has 0 aliphatic rings. The molecular weight excluding hydrogens is 188 g/mol. The minimum atomic E-state index is 0.307. The molecule has 2 N–H and O–H groups in total. The maximum absolute atomic E-state index is 5.72. The molecule has 0 aliphatic heterocycles. The van der Waals surface area contributed by atoms with E-state index in [4.69, 9.17) is 5.73 Å². The molecule has 0 spiro atoms. The quantitative estimate of drug-likeness (QED) is 0.780. The molecular formula is C11H22N4. The van der Waals surface area contributed by atoms with Crippen LogP contribution in [0.4, 0.5) is 0 Å². The molecule has 0 amide bonds. The topological polar surface area (TPSA) is 56.7 Å². The third-order valence-electron chi connectivity index (χ3n) is 2.68. The van der Waals surface area contributed by atoms with E-state index in [1.54, 1.807) is 6.33 Å². The lowest BCUT2D eigenvalue weighted by Crippen LogP contribution is -2.15. The van der Waals surface area contributed by atoms with Crippen molar-refractivity contribution < 1.29 is 0 Å². The van der Waals surface area contributed by atoms with Gasteiger partial charge in [-0.1, -0.05) is 13.3 Å². The SMILES string of the molecule is CCn1ncnc1C(C)CCCC(C)N. The first-order valence-electron chi connectivity index (χ1n) is 5.78. The summed E-state index contributed by atoms with van der Waals surface area (Å²) in [6, 6.07) is 0.307. The van der Waals surface area contributed by atoms with E-state index in [-0.39, 0.29) is 0 Å². The van der Waals surface area contributed by atoms with Crippen molar-refractivity contribution in [2.75, 3.05) is 0 Å². The van der Waals surface area contributed by atoms with Gasteiger partial charge in [0.2, 0.25) is 0 Å². The molecule has 86 valence electrons. The van der Waals surface area contributed by atoms with Gasteiger partial charge < -0.3 is 5.73 Å². The lowest BCUT2D eigenvalue weighted by Gasteiger charge is -2.12. The van der Waals surface area contributed by atoms with Crippen LogP contribution in [0.2, 0.25) is 0 Å². The van der Waals surface area contributed by atoms with Crippen molar-refractivity contribution in [2.45, 2.75) is 58.5 Å². The van der Waals surface area contributed by atoms with Gasteiger partial charge in [-0.2, -0.15) is 5.10 Å². The fraction of sp³-hybridized carbons (Fsp3) is 0.818. The van der Waals surface area contributed by atoms with Crippen LogP contribution in [0.25, 0.3) is 0 Å². The van der Waals surface area contributed by atoms with Crippen molar-refractivity contribution in [3.05, 3.63) is 12.2 Å². The van der Waals surface area contributed by atoms with Crippen molar-refractivity contribution >= 4 is 0 Å². The minimum Gasteiger partial charge on any atom is -0.328 e. The Bertz CT molecular complexity index is 280. The maximum Gasteiger partial charge on any atom is 0.138 e. The minimum absolute atomic E-state index is 0.307. The van der Waals surface area contributed by atoms with Crippen LogP contribution in [-0.2, 0) is 6.54 Å². The summed E-state index contributed by atoms with van der Waals surface area (Å²) in [7, 11) is 0. The Labute approximate surface area is 91.9 Å². The molecule has 1 aromatic heterocycles. The zero-order valence-electron chi connectivity index (χ0n) is 9.98. The molecule has 0 fully saturated rings. The monoisotopic (exact) mass is 210 g/mol. The molecule has 4 heteroatoms. The van der Waals surface area contributed by atoms with Gasteiger partial charge in [0.05, 0.1) is 0 Å². The van der Waals surface area contributed by atoms with E-state index in [0.29, 0.717) is 12.0 Å². The standard InChI is InChI=1S/C11H22N4/c1-4-15-11(13-8-14-15)9(2)6-5-7-10(3)12/h8-10H,4-7,12H2,1-3H3. The van der Waals surface area contributed by atoms with Gasteiger partial charge in [0.15, 0.2) is 0 Å². The smallest absolute Gasteiger partial charge is 0.138 e. The summed E-state index contributed by atoms with van der Waals surface area (Å²) in [4.78, 5) is 4.31. The van der Waals surface area contributed by atoms with Crippen molar-refractivity contribution in [2.24, 2.45) is 5.73 Å². The second-order valence-corrected chi connectivity index (χ2v) is 4.24. The first-order chi connectivity index (χ1) is 7.15. The highest BCUT2D eigenvalue weighted by Gasteiger charge is 2.11. The van der Waals surface area contributed by atoms with Crippen LogP contribution in [0.3, 0.4) is 0 Å². The van der Waals surface area contributed by atoms with Gasteiger partial charge in [-0.05, 0) is 26.7 Å². The number of hydrogen-bond acceptors (Lipinski definition) is 3. The average Bonchev–Trinajstić information content (AvgIpc) is 2.64. The third kappa shape index (κ3) is 3.63. The Morgan fingerprint density at radius 1 is 1.40 bits per heavy atom. The van der Waals surface area contributed by atoms with Crippen molar-refractivity contribution in [1.29, 1.82) is 0 Å². The van der Waals surface area contributed by atoms with Crippen LogP contribution in [0.1, 0.15) is 51.8 Å². The second kappa shape index (κ2) is 5.85. The third-order valence-corrected chi connectivity index (χ3v) is 2.68. The number of rotatable bonds is 6. The number of nitrogens with two attached hydrogens (primary N) is 1. The van der Waals surface area contributed by atoms with E-state index in [9.17, 15) is 0 Å². The molecule has 4 nitrogen and oxygen atoms in total. The molecule has 1 aromatic rings. The van der Waals surface area contributed by atoms with Crippen LogP contribution >= 0.6 is 0 Å². The van der Waals surface area contributed by atoms with Gasteiger partial charge in [0.1, 0.15) is 12.2 Å². The number of hydrogen-bond donors (Lipinski definition) is 1. The van der Waals surface area contributed by atoms with Crippen LogP contribution in [0.5, 0.6) is 0 Å². The number of aromatic nitrogens is 3. The average molecular weight is 210 g/mol. The Hall–Kier alpha value is -0.900. The molecule has 0 radical (unpaired) electrons. The van der Waals surface area contributed by atoms with Gasteiger partial charge in [-0.25, -0.2) is 4.98 Å². The lowest BCUT2D eigenvalue weighted by molar-refractivity contribution is 0.510. The molecule has 15 heavy (non-hydrogen) atoms. The van der Waals surface area contributed by atoms with Crippen molar-refractivity contribution in [3.63, 3.8) is 0 Å². The summed E-state index contributed by atoms with van der Waals surface area (Å²) in [5.74, 6) is 1.58. The largest absolute Gasteiger partial charge is 0.328 e. The highest BCUT2D eigenvalue weighted by Crippen LogP contribution is 2.19. The van der Waals surface area contributed by atoms with E-state index in [0.717, 1.165) is 31.6 Å². The summed E-state index contributed by atoms with van der Waals surface area (Å²) in [6.07, 6.45) is 5.03. The summed E-state index contributed by atoms with van der Waals surface area (Å²) < 4.78 is 1.97. The molecule has 1 rings (SSSR count). The van der Waals surface area contributed by atoms with E-state index in [1.165, 1.54) is 0 Å². The first-order valence-corrected chi connectivity index (χ1v) is 5.78. The molecule has 0 aromatic carbocycles. The summed E-state index contributed by atoms with van der Waals surface area (Å²) in [6.45, 7) is 7.25. The van der Waals surface area contributed by atoms with Crippen LogP contribution in [0.15, 0.2) is 6.33 Å². The van der Waals surface area contributed by atoms with Crippen molar-refractivity contribution in [1.82, 2.24) is 14.8 Å². The highest BCUT2D eigenvalue weighted by atomic mass is 15.3. The van der Waals surface area contributed by atoms with Crippen LogP contribution < -0.4 is 5.73 Å². The molecule has 0 saturated heterocycles. The van der Waals surface area contributed by atoms with E-state index >= 15 is 0 Å². The number of aryl methyl sites for hydroxylation is 1. The Morgan fingerprint density at radius 2 is 2.13 bits per heavy atom. The van der Waals surface area contributed by atoms with E-state index in [1.807, 2.05) is 4.68 Å². The van der Waals surface area contributed by atoms with Gasteiger partial charge in [-0.15, -0.1) is 0 Å². The van der Waals surface area contributed by atoms with E-state index in [2.05, 4.69) is 30.9 Å². The normalized spacial score (nSPS) is 15.2. The molecule has 0 saturated carbocycles. The Kier molecular flexibility index (Phi) is 4.75. The van der Waals surface area contributed by atoms with Gasteiger partial charge in [-0.3, -0.25) is 4.68 Å². The zero-order valence-corrected chi connectivity index (χ0v) is 9.98. The Morgan fingerprint density at radius 3 is 2.73 bits per heavy atom. The molecule has 0 bridgehead atoms. The highest BCUT2D eigenvalue weighted by molar-refractivity contribution is 4.93. The van der Waals surface area contributed by atoms with Crippen molar-refractivity contribution in [3.8, 4) is 0 Å². The number of nitrogens with zero attached hydrogens (tertiary/aromatic N) is 3. The van der Waals surface area contributed by atoms with Crippen LogP contribution in [0, 0.1) is 0 Å². The summed E-state index contributed by atoms with van der Waals surface area (Å²) in [5.41, 5.74) is 5.72. The molecule has 2 atom stereocenters. The second-order valence-electron chi connectivity index (χ2n) is 4.24. The first kappa shape index (κ1) is 12.2. The maximum atomic E-state index is 5.72. The molecule has 1 heterocycles. The van der Waals surface area contributed by atoms with E-state index < -0.39 is 0 Å². The molecule has 0 aliphatic carbocycles. The van der Waals surface area contributed by atoms with Gasteiger partial charge in [0.25, 0.3) is 0 Å². The predicted octanol–water partition coefficient (Wildman–Crippen LogP) is 1.92. The van der Waals surface area contributed by atoms with Crippen LogP contribution in [-0.4, -0.2) is 20.8 Å². The summed E-state index contributed by atoms with van der Waals surface area (Å²) in [5, 5.41) is 4.18. The van der Waals surface area contributed by atoms with Gasteiger partial charge >= 0.3 is 0 Å². The zero-order chi connectivity index (χ0) is 11.3. The lowest BCUT2D eigenvalue weighted by atomic mass is 10.0. The fourth-order valence-corrected chi connectivity index (χ4v) is 1.77. The fourth-order valence-electron chi connectivity index (χ4n) is 1.77. The molecule has 2 unspecified atom stereocenters. The predicted molar refractivity (Wildman–Crippen MR) is 61.6 cm³/mol. The van der Waals surface area contributed by atoms with Gasteiger partial charge in [0, 0.05) is 18.5 Å². The summed E-state index contributed by atoms with van der Waals surface area (Å²) >= 11 is 0. The Balaban J connectivity index is 2.43.